The van der Waals surface area contributed by atoms with Gasteiger partial charge in [-0.2, -0.15) is 0 Å². The van der Waals surface area contributed by atoms with Gasteiger partial charge in [0.05, 0.1) is 5.69 Å². The van der Waals surface area contributed by atoms with Gasteiger partial charge < -0.3 is 9.73 Å². The molecule has 2 aromatic heterocycles. The third kappa shape index (κ3) is 4.62. The van der Waals surface area contributed by atoms with E-state index < -0.39 is 5.91 Å². The molecule has 168 valence electrons. The van der Waals surface area contributed by atoms with Crippen LogP contribution in [0.25, 0.3) is 33.4 Å². The van der Waals surface area contributed by atoms with Crippen LogP contribution >= 0.6 is 23.6 Å². The number of amides is 1. The van der Waals surface area contributed by atoms with Crippen molar-refractivity contribution in [2.24, 2.45) is 0 Å². The first kappa shape index (κ1) is 22.0. The summed E-state index contributed by atoms with van der Waals surface area (Å²) in [6.07, 6.45) is 0. The SMILES string of the molecule is Cc1ccc(-c2ccc(C(=O)NC(=S)Nc3nc(-c4ccc5ccccc5c4)cs3)o2)cc1C. The fourth-order valence-electron chi connectivity index (χ4n) is 3.62. The average Bonchev–Trinajstić information content (AvgIpc) is 3.51. The molecule has 2 heterocycles. The smallest absolute Gasteiger partial charge is 0.293 e. The maximum atomic E-state index is 12.6. The van der Waals surface area contributed by atoms with Crippen LogP contribution < -0.4 is 10.6 Å². The zero-order valence-corrected chi connectivity index (χ0v) is 20.2. The number of nitrogens with one attached hydrogen (secondary N) is 2. The van der Waals surface area contributed by atoms with Gasteiger partial charge in [0.2, 0.25) is 0 Å². The van der Waals surface area contributed by atoms with E-state index in [2.05, 4.69) is 46.8 Å². The number of hydrogen-bond donors (Lipinski definition) is 2. The van der Waals surface area contributed by atoms with E-state index >= 15 is 0 Å². The Labute approximate surface area is 206 Å². The topological polar surface area (TPSA) is 67.2 Å². The summed E-state index contributed by atoms with van der Waals surface area (Å²) in [6.45, 7) is 4.10. The van der Waals surface area contributed by atoms with Crippen LogP contribution in [0.3, 0.4) is 0 Å². The minimum Gasteiger partial charge on any atom is -0.451 e. The first-order valence-corrected chi connectivity index (χ1v) is 12.0. The largest absolute Gasteiger partial charge is 0.451 e. The molecule has 0 aliphatic carbocycles. The summed E-state index contributed by atoms with van der Waals surface area (Å²) in [4.78, 5) is 17.2. The van der Waals surface area contributed by atoms with Crippen molar-refractivity contribution in [3.63, 3.8) is 0 Å². The van der Waals surface area contributed by atoms with Crippen molar-refractivity contribution >= 4 is 50.5 Å². The highest BCUT2D eigenvalue weighted by atomic mass is 32.1. The molecule has 0 saturated heterocycles. The minimum atomic E-state index is -0.418. The Kier molecular flexibility index (Phi) is 5.96. The van der Waals surface area contributed by atoms with Crippen LogP contribution in [0.5, 0.6) is 0 Å². The molecule has 0 aliphatic heterocycles. The average molecular weight is 484 g/mol. The molecular formula is C27H21N3O2S2. The molecular weight excluding hydrogens is 462 g/mol. The van der Waals surface area contributed by atoms with Crippen LogP contribution in [0.1, 0.15) is 21.7 Å². The van der Waals surface area contributed by atoms with Gasteiger partial charge in [-0.3, -0.25) is 10.1 Å². The molecule has 0 atom stereocenters. The van der Waals surface area contributed by atoms with Gasteiger partial charge in [-0.05, 0) is 72.2 Å². The number of carbonyl (C=O) groups is 1. The molecule has 0 fully saturated rings. The number of benzene rings is 3. The Morgan fingerprint density at radius 1 is 0.912 bits per heavy atom. The summed E-state index contributed by atoms with van der Waals surface area (Å²) >= 11 is 6.74. The molecule has 7 heteroatoms. The normalized spacial score (nSPS) is 10.9. The van der Waals surface area contributed by atoms with Crippen LogP contribution in [0.2, 0.25) is 0 Å². The zero-order valence-electron chi connectivity index (χ0n) is 18.6. The quantitative estimate of drug-likeness (QED) is 0.270. The highest BCUT2D eigenvalue weighted by Gasteiger charge is 2.15. The van der Waals surface area contributed by atoms with E-state index in [1.165, 1.54) is 22.3 Å². The van der Waals surface area contributed by atoms with E-state index in [1.807, 2.05) is 48.7 Å². The van der Waals surface area contributed by atoms with Crippen molar-refractivity contribution in [3.05, 3.63) is 95.1 Å². The fraction of sp³-hybridized carbons (Fsp3) is 0.0741. The number of anilines is 1. The first-order valence-electron chi connectivity index (χ1n) is 10.7. The highest BCUT2D eigenvalue weighted by molar-refractivity contribution is 7.80. The summed E-state index contributed by atoms with van der Waals surface area (Å²) in [5.41, 5.74) is 5.16. The lowest BCUT2D eigenvalue weighted by Crippen LogP contribution is -2.33. The lowest BCUT2D eigenvalue weighted by molar-refractivity contribution is 0.0951. The number of carbonyl (C=O) groups excluding carboxylic acids is 1. The van der Waals surface area contributed by atoms with Gasteiger partial charge >= 0.3 is 0 Å². The number of hydrogen-bond acceptors (Lipinski definition) is 5. The number of fused-ring (bicyclic) bond motifs is 1. The number of thiocarbonyl (C=S) groups is 1. The molecule has 3 aromatic carbocycles. The van der Waals surface area contributed by atoms with Gasteiger partial charge in [0, 0.05) is 16.5 Å². The van der Waals surface area contributed by atoms with Gasteiger partial charge in [-0.1, -0.05) is 48.5 Å². The molecule has 2 N–H and O–H groups in total. The number of nitrogens with zero attached hydrogens (tertiary/aromatic N) is 1. The molecule has 5 aromatic rings. The summed E-state index contributed by atoms with van der Waals surface area (Å²) < 4.78 is 5.76. The standard InChI is InChI=1S/C27H21N3O2S2/c1-16-7-8-21(13-17(16)2)23-11-12-24(32-23)25(31)29-26(33)30-27-28-22(15-34-27)20-10-9-18-5-3-4-6-19(18)14-20/h3-15H,1-2H3,(H2,28,29,30,31,33). The Morgan fingerprint density at radius 3 is 2.53 bits per heavy atom. The minimum absolute atomic E-state index is 0.161. The van der Waals surface area contributed by atoms with Crippen molar-refractivity contribution in [2.75, 3.05) is 5.32 Å². The van der Waals surface area contributed by atoms with E-state index in [1.54, 1.807) is 12.1 Å². The van der Waals surface area contributed by atoms with Gasteiger partial charge in [0.25, 0.3) is 5.91 Å². The molecule has 5 nitrogen and oxygen atoms in total. The van der Waals surface area contributed by atoms with Crippen LogP contribution in [-0.4, -0.2) is 16.0 Å². The lowest BCUT2D eigenvalue weighted by atomic mass is 10.1. The van der Waals surface area contributed by atoms with Crippen molar-refractivity contribution in [1.29, 1.82) is 0 Å². The Hall–Kier alpha value is -3.81. The fourth-order valence-corrected chi connectivity index (χ4v) is 4.59. The van der Waals surface area contributed by atoms with Crippen molar-refractivity contribution in [2.45, 2.75) is 13.8 Å². The van der Waals surface area contributed by atoms with Crippen molar-refractivity contribution in [3.8, 4) is 22.6 Å². The molecule has 0 aliphatic rings. The number of thiazole rings is 1. The molecule has 0 bridgehead atoms. The van der Waals surface area contributed by atoms with E-state index in [-0.39, 0.29) is 10.9 Å². The number of aryl methyl sites for hydroxylation is 2. The van der Waals surface area contributed by atoms with E-state index in [0.717, 1.165) is 27.8 Å². The Bertz CT molecular complexity index is 1530. The Balaban J connectivity index is 1.24. The predicted molar refractivity (Wildman–Crippen MR) is 142 cm³/mol. The van der Waals surface area contributed by atoms with Gasteiger partial charge in [0.15, 0.2) is 16.0 Å². The van der Waals surface area contributed by atoms with Crippen molar-refractivity contribution < 1.29 is 9.21 Å². The number of aromatic nitrogens is 1. The molecule has 5 rings (SSSR count). The van der Waals surface area contributed by atoms with Crippen LogP contribution in [-0.2, 0) is 0 Å². The monoisotopic (exact) mass is 483 g/mol. The second-order valence-corrected chi connectivity index (χ2v) is 9.24. The predicted octanol–water partition coefficient (Wildman–Crippen LogP) is 6.97. The Morgan fingerprint density at radius 2 is 1.71 bits per heavy atom. The van der Waals surface area contributed by atoms with Crippen LogP contribution in [0.4, 0.5) is 5.13 Å². The molecule has 0 saturated carbocycles. The maximum absolute atomic E-state index is 12.6. The summed E-state index contributed by atoms with van der Waals surface area (Å²) in [5, 5.41) is 10.7. The summed E-state index contributed by atoms with van der Waals surface area (Å²) in [7, 11) is 0. The number of furan rings is 1. The second-order valence-electron chi connectivity index (χ2n) is 7.97. The third-order valence-corrected chi connectivity index (χ3v) is 6.58. The van der Waals surface area contributed by atoms with Gasteiger partial charge in [0.1, 0.15) is 5.76 Å². The third-order valence-electron chi connectivity index (χ3n) is 5.62. The van der Waals surface area contributed by atoms with E-state index in [0.29, 0.717) is 10.9 Å². The molecule has 0 radical (unpaired) electrons. The molecule has 34 heavy (non-hydrogen) atoms. The summed E-state index contributed by atoms with van der Waals surface area (Å²) in [6, 6.07) is 23.9. The van der Waals surface area contributed by atoms with Crippen molar-refractivity contribution in [1.82, 2.24) is 10.3 Å². The number of rotatable bonds is 4. The zero-order chi connectivity index (χ0) is 23.7. The molecule has 0 unspecified atom stereocenters. The van der Waals surface area contributed by atoms with Crippen LogP contribution in [0, 0.1) is 13.8 Å². The molecule has 0 spiro atoms. The maximum Gasteiger partial charge on any atom is 0.293 e. The van der Waals surface area contributed by atoms with Crippen LogP contribution in [0.15, 0.2) is 82.6 Å². The summed E-state index contributed by atoms with van der Waals surface area (Å²) in [5.74, 6) is 0.402. The van der Waals surface area contributed by atoms with E-state index in [4.69, 9.17) is 16.6 Å². The van der Waals surface area contributed by atoms with E-state index in [9.17, 15) is 4.79 Å². The van der Waals surface area contributed by atoms with Gasteiger partial charge in [-0.15, -0.1) is 11.3 Å². The highest BCUT2D eigenvalue weighted by Crippen LogP contribution is 2.28. The molecule has 1 amide bonds. The second kappa shape index (κ2) is 9.21. The van der Waals surface area contributed by atoms with Gasteiger partial charge in [-0.25, -0.2) is 4.98 Å². The lowest BCUT2D eigenvalue weighted by Gasteiger charge is -2.06. The first-order chi connectivity index (χ1) is 16.5.